The summed E-state index contributed by atoms with van der Waals surface area (Å²) < 4.78 is 5.45. The van der Waals surface area contributed by atoms with Crippen LogP contribution in [0.4, 0.5) is 0 Å². The summed E-state index contributed by atoms with van der Waals surface area (Å²) >= 11 is 0. The Hall–Kier alpha value is -3.87. The molecule has 0 aliphatic heterocycles. The molecule has 0 amide bonds. The van der Waals surface area contributed by atoms with Crippen LogP contribution < -0.4 is 0 Å². The smallest absolute Gasteiger partial charge is 0.318 e. The number of aryl methyl sites for hydroxylation is 1. The molecule has 0 aliphatic rings. The first kappa shape index (κ1) is 18.5. The van der Waals surface area contributed by atoms with E-state index in [1.54, 1.807) is 6.92 Å². The molecule has 3 N–H and O–H groups in total. The van der Waals surface area contributed by atoms with Crippen molar-refractivity contribution in [2.24, 2.45) is 5.92 Å². The molecule has 2 aromatic heterocycles. The van der Waals surface area contributed by atoms with E-state index >= 15 is 0 Å². The zero-order valence-electron chi connectivity index (χ0n) is 15.5. The zero-order valence-corrected chi connectivity index (χ0v) is 15.5. The maximum absolute atomic E-state index is 11.5. The minimum Gasteiger partial charge on any atom is -0.481 e. The number of rotatable bonds is 6. The first-order valence-corrected chi connectivity index (χ1v) is 9.04. The van der Waals surface area contributed by atoms with Crippen molar-refractivity contribution in [2.45, 2.75) is 13.3 Å². The summed E-state index contributed by atoms with van der Waals surface area (Å²) in [4.78, 5) is 26.4. The molecule has 2 aromatic carbocycles. The summed E-state index contributed by atoms with van der Waals surface area (Å²) in [6.45, 7) is 1.77. The van der Waals surface area contributed by atoms with Crippen molar-refractivity contribution in [3.8, 4) is 22.5 Å². The van der Waals surface area contributed by atoms with Crippen LogP contribution in [0.1, 0.15) is 11.3 Å². The minimum atomic E-state index is -1.56. The lowest BCUT2D eigenvalue weighted by Crippen LogP contribution is -2.25. The van der Waals surface area contributed by atoms with Gasteiger partial charge in [-0.2, -0.15) is 0 Å². The van der Waals surface area contributed by atoms with Crippen molar-refractivity contribution in [1.82, 2.24) is 10.1 Å². The Kier molecular flexibility index (Phi) is 4.64. The van der Waals surface area contributed by atoms with Gasteiger partial charge in [0, 0.05) is 16.5 Å². The molecule has 0 bridgehead atoms. The second-order valence-corrected chi connectivity index (χ2v) is 6.79. The van der Waals surface area contributed by atoms with Crippen LogP contribution in [0.15, 0.2) is 59.1 Å². The molecule has 0 unspecified atom stereocenters. The zero-order chi connectivity index (χ0) is 20.5. The number of hydrogen-bond acceptors (Lipinski definition) is 4. The molecule has 0 saturated heterocycles. The molecule has 0 spiro atoms. The van der Waals surface area contributed by atoms with Crippen LogP contribution in [-0.2, 0) is 16.0 Å². The van der Waals surface area contributed by atoms with Gasteiger partial charge >= 0.3 is 11.9 Å². The van der Waals surface area contributed by atoms with Crippen molar-refractivity contribution in [3.05, 3.63) is 65.9 Å². The number of aromatic nitrogens is 2. The van der Waals surface area contributed by atoms with Gasteiger partial charge in [-0.1, -0.05) is 53.7 Å². The number of carboxylic acids is 2. The Morgan fingerprint density at radius 3 is 2.38 bits per heavy atom. The van der Waals surface area contributed by atoms with Gasteiger partial charge in [-0.05, 0) is 25.0 Å². The molecule has 7 heteroatoms. The fraction of sp³-hybridized carbons (Fsp3) is 0.136. The molecule has 7 nitrogen and oxygen atoms in total. The molecule has 0 saturated carbocycles. The highest BCUT2D eigenvalue weighted by atomic mass is 16.5. The molecule has 29 heavy (non-hydrogen) atoms. The average molecular weight is 390 g/mol. The molecular formula is C22H18N2O5. The number of aromatic amines is 1. The van der Waals surface area contributed by atoms with Crippen molar-refractivity contribution < 1.29 is 24.3 Å². The van der Waals surface area contributed by atoms with Crippen LogP contribution in [0.25, 0.3) is 33.4 Å². The quantitative estimate of drug-likeness (QED) is 0.426. The number of hydrogen-bond donors (Lipinski definition) is 3. The summed E-state index contributed by atoms with van der Waals surface area (Å²) in [5.41, 5.74) is 4.16. The van der Waals surface area contributed by atoms with E-state index < -0.39 is 17.9 Å². The fourth-order valence-corrected chi connectivity index (χ4v) is 3.57. The molecule has 146 valence electrons. The minimum absolute atomic E-state index is 0.164. The molecule has 2 heterocycles. The monoisotopic (exact) mass is 390 g/mol. The SMILES string of the molecule is Cc1onc(-c2ccccc2)c1-c1[nH]c2ccccc2c1CC(C(=O)O)C(=O)O. The third-order valence-corrected chi connectivity index (χ3v) is 4.98. The lowest BCUT2D eigenvalue weighted by atomic mass is 9.93. The van der Waals surface area contributed by atoms with E-state index in [0.717, 1.165) is 16.5 Å². The lowest BCUT2D eigenvalue weighted by Gasteiger charge is -2.10. The van der Waals surface area contributed by atoms with E-state index in [1.807, 2.05) is 54.6 Å². The third-order valence-electron chi connectivity index (χ3n) is 4.98. The van der Waals surface area contributed by atoms with Gasteiger partial charge in [0.25, 0.3) is 0 Å². The Morgan fingerprint density at radius 1 is 1.03 bits per heavy atom. The van der Waals surface area contributed by atoms with Gasteiger partial charge < -0.3 is 19.7 Å². The van der Waals surface area contributed by atoms with Crippen LogP contribution in [0, 0.1) is 12.8 Å². The van der Waals surface area contributed by atoms with Crippen molar-refractivity contribution in [2.75, 3.05) is 0 Å². The first-order valence-electron chi connectivity index (χ1n) is 9.04. The predicted octanol–water partition coefficient (Wildman–Crippen LogP) is 4.13. The van der Waals surface area contributed by atoms with Gasteiger partial charge in [0.1, 0.15) is 11.5 Å². The standard InChI is InChI=1S/C22H18N2O5/c1-12-18(19(24-29-12)13-7-3-2-4-8-13)20-15(11-16(21(25)26)22(27)28)14-9-5-6-10-17(14)23-20/h2-10,16,23H,11H2,1H3,(H,25,26)(H,27,28). The molecule has 0 radical (unpaired) electrons. The summed E-state index contributed by atoms with van der Waals surface area (Å²) in [5, 5.41) is 23.8. The summed E-state index contributed by atoms with van der Waals surface area (Å²) in [6, 6.07) is 16.9. The summed E-state index contributed by atoms with van der Waals surface area (Å²) in [7, 11) is 0. The molecule has 0 fully saturated rings. The maximum atomic E-state index is 11.5. The second kappa shape index (κ2) is 7.27. The van der Waals surface area contributed by atoms with Crippen LogP contribution in [0.3, 0.4) is 0 Å². The number of nitrogens with zero attached hydrogens (tertiary/aromatic N) is 1. The number of para-hydroxylation sites is 1. The first-order chi connectivity index (χ1) is 14.0. The number of benzene rings is 2. The van der Waals surface area contributed by atoms with Gasteiger partial charge in [-0.25, -0.2) is 0 Å². The number of nitrogens with one attached hydrogen (secondary N) is 1. The summed E-state index contributed by atoms with van der Waals surface area (Å²) in [5.74, 6) is -3.76. The Bertz CT molecular complexity index is 1190. The van der Waals surface area contributed by atoms with E-state index in [1.165, 1.54) is 0 Å². The van der Waals surface area contributed by atoms with Crippen molar-refractivity contribution >= 4 is 22.8 Å². The molecule has 4 aromatic rings. The van der Waals surface area contributed by atoms with Gasteiger partial charge in [-0.3, -0.25) is 9.59 Å². The molecule has 4 rings (SSSR count). The molecular weight excluding hydrogens is 372 g/mol. The van der Waals surface area contributed by atoms with E-state index in [-0.39, 0.29) is 6.42 Å². The number of H-pyrrole nitrogens is 1. The van der Waals surface area contributed by atoms with Gasteiger partial charge in [0.2, 0.25) is 0 Å². The molecule has 0 atom stereocenters. The van der Waals surface area contributed by atoms with E-state index in [4.69, 9.17) is 4.52 Å². The highest BCUT2D eigenvalue weighted by Gasteiger charge is 2.30. The predicted molar refractivity (Wildman–Crippen MR) is 106 cm³/mol. The van der Waals surface area contributed by atoms with E-state index in [0.29, 0.717) is 28.3 Å². The van der Waals surface area contributed by atoms with Crippen molar-refractivity contribution in [1.29, 1.82) is 0 Å². The second-order valence-electron chi connectivity index (χ2n) is 6.79. The number of fused-ring (bicyclic) bond motifs is 1. The van der Waals surface area contributed by atoms with Gasteiger partial charge in [0.05, 0.1) is 11.3 Å². The fourth-order valence-electron chi connectivity index (χ4n) is 3.57. The Morgan fingerprint density at radius 2 is 1.69 bits per heavy atom. The number of carbonyl (C=O) groups is 2. The van der Waals surface area contributed by atoms with E-state index in [2.05, 4.69) is 10.1 Å². The van der Waals surface area contributed by atoms with Crippen LogP contribution in [0.5, 0.6) is 0 Å². The summed E-state index contributed by atoms with van der Waals surface area (Å²) in [6.07, 6.45) is -0.164. The normalized spacial score (nSPS) is 11.2. The third kappa shape index (κ3) is 3.27. The average Bonchev–Trinajstić information content (AvgIpc) is 3.26. The van der Waals surface area contributed by atoms with Crippen LogP contribution in [-0.4, -0.2) is 32.3 Å². The number of aliphatic carboxylic acids is 2. The van der Waals surface area contributed by atoms with Gasteiger partial charge in [-0.15, -0.1) is 0 Å². The topological polar surface area (TPSA) is 116 Å². The Labute approximate surface area is 165 Å². The Balaban J connectivity index is 1.95. The highest BCUT2D eigenvalue weighted by molar-refractivity contribution is 5.97. The lowest BCUT2D eigenvalue weighted by molar-refractivity contribution is -0.154. The molecule has 0 aliphatic carbocycles. The number of carboxylic acid groups (broad SMARTS) is 2. The maximum Gasteiger partial charge on any atom is 0.318 e. The van der Waals surface area contributed by atoms with E-state index in [9.17, 15) is 19.8 Å². The highest BCUT2D eigenvalue weighted by Crippen LogP contribution is 2.39. The van der Waals surface area contributed by atoms with Crippen LogP contribution >= 0.6 is 0 Å². The largest absolute Gasteiger partial charge is 0.481 e. The van der Waals surface area contributed by atoms with Crippen molar-refractivity contribution in [3.63, 3.8) is 0 Å². The van der Waals surface area contributed by atoms with Crippen LogP contribution in [0.2, 0.25) is 0 Å². The van der Waals surface area contributed by atoms with Gasteiger partial charge in [0.15, 0.2) is 5.92 Å².